The first-order chi connectivity index (χ1) is 12.1. The van der Waals surface area contributed by atoms with Crippen LogP contribution in [-0.4, -0.2) is 28.2 Å². The van der Waals surface area contributed by atoms with Gasteiger partial charge < -0.3 is 0 Å². The molecule has 1 fully saturated rings. The van der Waals surface area contributed by atoms with Gasteiger partial charge in [-0.15, -0.1) is 0 Å². The van der Waals surface area contributed by atoms with Crippen LogP contribution in [0, 0.1) is 0 Å². The molecule has 7 nitrogen and oxygen atoms in total. The van der Waals surface area contributed by atoms with Crippen LogP contribution in [0.2, 0.25) is 0 Å². The van der Waals surface area contributed by atoms with Crippen LogP contribution in [0.1, 0.15) is 25.3 Å². The lowest BCUT2D eigenvalue weighted by atomic mass is 9.93. The van der Waals surface area contributed by atoms with Crippen molar-refractivity contribution >= 4 is 15.7 Å². The zero-order valence-corrected chi connectivity index (χ0v) is 14.2. The summed E-state index contributed by atoms with van der Waals surface area (Å²) in [5, 5.41) is 4.19. The number of hydrogen-bond donors (Lipinski definition) is 1. The first-order valence-electron chi connectivity index (χ1n) is 8.04. The zero-order chi connectivity index (χ0) is 17.3. The standard InChI is InChI=1S/C17H17N5O2S/c23-25(24,17-10-20-22(11-17)16-5-2-6-16)21-15-4-1-3-13(7-15)14-8-18-12-19-9-14/h1,3-4,7-12,16,21H,2,5-6H2. The Kier molecular flexibility index (Phi) is 3.96. The highest BCUT2D eigenvalue weighted by molar-refractivity contribution is 7.92. The van der Waals surface area contributed by atoms with Gasteiger partial charge in [0, 0.05) is 29.8 Å². The summed E-state index contributed by atoms with van der Waals surface area (Å²) in [6.07, 6.45) is 11.1. The summed E-state index contributed by atoms with van der Waals surface area (Å²) in [6, 6.07) is 7.46. The van der Waals surface area contributed by atoms with Gasteiger partial charge in [-0.3, -0.25) is 9.40 Å². The van der Waals surface area contributed by atoms with Gasteiger partial charge in [0.1, 0.15) is 11.2 Å². The Hall–Kier alpha value is -2.74. The molecule has 1 aromatic carbocycles. The third-order valence-electron chi connectivity index (χ3n) is 4.35. The second-order valence-electron chi connectivity index (χ2n) is 6.05. The maximum Gasteiger partial charge on any atom is 0.265 e. The number of sulfonamides is 1. The van der Waals surface area contributed by atoms with Crippen molar-refractivity contribution in [2.24, 2.45) is 0 Å². The Labute approximate surface area is 145 Å². The third-order valence-corrected chi connectivity index (χ3v) is 5.68. The zero-order valence-electron chi connectivity index (χ0n) is 13.4. The van der Waals surface area contributed by atoms with E-state index in [1.54, 1.807) is 41.5 Å². The second kappa shape index (κ2) is 6.29. The van der Waals surface area contributed by atoms with Crippen LogP contribution in [-0.2, 0) is 10.0 Å². The van der Waals surface area contributed by atoms with Crippen molar-refractivity contribution in [1.82, 2.24) is 19.7 Å². The maximum absolute atomic E-state index is 12.6. The lowest BCUT2D eigenvalue weighted by molar-refractivity contribution is 0.289. The molecule has 0 unspecified atom stereocenters. The van der Waals surface area contributed by atoms with Crippen LogP contribution in [0.5, 0.6) is 0 Å². The minimum Gasteiger partial charge on any atom is -0.280 e. The monoisotopic (exact) mass is 355 g/mol. The molecule has 3 aromatic rings. The maximum atomic E-state index is 12.6. The van der Waals surface area contributed by atoms with Gasteiger partial charge in [0.15, 0.2) is 0 Å². The van der Waals surface area contributed by atoms with E-state index in [1.165, 1.54) is 18.9 Å². The highest BCUT2D eigenvalue weighted by Crippen LogP contribution is 2.31. The fourth-order valence-electron chi connectivity index (χ4n) is 2.73. The quantitative estimate of drug-likeness (QED) is 0.760. The van der Waals surface area contributed by atoms with Crippen molar-refractivity contribution in [2.75, 3.05) is 4.72 Å². The largest absolute Gasteiger partial charge is 0.280 e. The van der Waals surface area contributed by atoms with E-state index in [4.69, 9.17) is 0 Å². The van der Waals surface area contributed by atoms with Crippen molar-refractivity contribution in [3.63, 3.8) is 0 Å². The Morgan fingerprint density at radius 2 is 1.88 bits per heavy atom. The third kappa shape index (κ3) is 3.25. The molecule has 0 atom stereocenters. The predicted octanol–water partition coefficient (Wildman–Crippen LogP) is 2.87. The van der Waals surface area contributed by atoms with Crippen LogP contribution in [0.4, 0.5) is 5.69 Å². The molecule has 4 rings (SSSR count). The number of aromatic nitrogens is 4. The summed E-state index contributed by atoms with van der Waals surface area (Å²) in [7, 11) is -3.67. The van der Waals surface area contributed by atoms with Crippen molar-refractivity contribution in [3.05, 3.63) is 55.4 Å². The van der Waals surface area contributed by atoms with E-state index in [9.17, 15) is 8.42 Å². The van der Waals surface area contributed by atoms with Crippen molar-refractivity contribution in [2.45, 2.75) is 30.2 Å². The summed E-state index contributed by atoms with van der Waals surface area (Å²) < 4.78 is 29.6. The number of nitrogens with zero attached hydrogens (tertiary/aromatic N) is 4. The topological polar surface area (TPSA) is 89.8 Å². The van der Waals surface area contributed by atoms with Gasteiger partial charge in [-0.1, -0.05) is 12.1 Å². The molecule has 0 amide bonds. The first kappa shape index (κ1) is 15.8. The second-order valence-corrected chi connectivity index (χ2v) is 7.74. The summed E-state index contributed by atoms with van der Waals surface area (Å²) in [5.74, 6) is 0. The van der Waals surface area contributed by atoms with Crippen LogP contribution in [0.25, 0.3) is 11.1 Å². The smallest absolute Gasteiger partial charge is 0.265 e. The number of hydrogen-bond acceptors (Lipinski definition) is 5. The minimum absolute atomic E-state index is 0.174. The Morgan fingerprint density at radius 1 is 1.08 bits per heavy atom. The molecule has 1 aliphatic carbocycles. The van der Waals surface area contributed by atoms with Gasteiger partial charge in [0.25, 0.3) is 10.0 Å². The minimum atomic E-state index is -3.67. The number of anilines is 1. The fourth-order valence-corrected chi connectivity index (χ4v) is 3.72. The van der Waals surface area contributed by atoms with E-state index in [-0.39, 0.29) is 4.90 Å². The normalized spacial score (nSPS) is 14.9. The van der Waals surface area contributed by atoms with Crippen LogP contribution >= 0.6 is 0 Å². The first-order valence-corrected chi connectivity index (χ1v) is 9.52. The highest BCUT2D eigenvalue weighted by Gasteiger charge is 2.23. The molecule has 1 N–H and O–H groups in total. The molecule has 2 aromatic heterocycles. The summed E-state index contributed by atoms with van der Waals surface area (Å²) in [5.41, 5.74) is 2.14. The molecule has 0 spiro atoms. The lowest BCUT2D eigenvalue weighted by Crippen LogP contribution is -2.17. The molecule has 1 aliphatic rings. The molecule has 8 heteroatoms. The molecule has 2 heterocycles. The highest BCUT2D eigenvalue weighted by atomic mass is 32.2. The van der Waals surface area contributed by atoms with Gasteiger partial charge in [-0.25, -0.2) is 18.4 Å². The van der Waals surface area contributed by atoms with E-state index in [1.807, 2.05) is 6.07 Å². The van der Waals surface area contributed by atoms with Crippen molar-refractivity contribution in [1.29, 1.82) is 0 Å². The SMILES string of the molecule is O=S(=O)(Nc1cccc(-c2cncnc2)c1)c1cnn(C2CCC2)c1. The molecule has 0 bridgehead atoms. The molecule has 0 radical (unpaired) electrons. The van der Waals surface area contributed by atoms with E-state index in [2.05, 4.69) is 19.8 Å². The van der Waals surface area contributed by atoms with Crippen LogP contribution in [0.3, 0.4) is 0 Å². The van der Waals surface area contributed by atoms with Crippen molar-refractivity contribution in [3.8, 4) is 11.1 Å². The number of nitrogens with one attached hydrogen (secondary N) is 1. The van der Waals surface area contributed by atoms with Crippen molar-refractivity contribution < 1.29 is 8.42 Å². The number of rotatable bonds is 5. The van der Waals surface area contributed by atoms with Crippen LogP contribution in [0.15, 0.2) is 60.3 Å². The molecule has 0 saturated heterocycles. The molecule has 1 saturated carbocycles. The summed E-state index contributed by atoms with van der Waals surface area (Å²) in [4.78, 5) is 8.14. The summed E-state index contributed by atoms with van der Waals surface area (Å²) >= 11 is 0. The molecule has 128 valence electrons. The van der Waals surface area contributed by atoms with Gasteiger partial charge in [-0.05, 0) is 37.0 Å². The lowest BCUT2D eigenvalue weighted by Gasteiger charge is -2.25. The predicted molar refractivity (Wildman–Crippen MR) is 93.4 cm³/mol. The Morgan fingerprint density at radius 3 is 2.60 bits per heavy atom. The summed E-state index contributed by atoms with van der Waals surface area (Å²) in [6.45, 7) is 0. The average molecular weight is 355 g/mol. The van der Waals surface area contributed by atoms with E-state index >= 15 is 0 Å². The fraction of sp³-hybridized carbons (Fsp3) is 0.235. The molecular weight excluding hydrogens is 338 g/mol. The van der Waals surface area contributed by atoms with E-state index < -0.39 is 10.0 Å². The molecule has 0 aliphatic heterocycles. The Bertz CT molecular complexity index is 981. The van der Waals surface area contributed by atoms with E-state index in [0.29, 0.717) is 11.7 Å². The van der Waals surface area contributed by atoms with Gasteiger partial charge in [0.05, 0.1) is 12.2 Å². The number of benzene rings is 1. The van der Waals surface area contributed by atoms with E-state index in [0.717, 1.165) is 24.0 Å². The average Bonchev–Trinajstić information content (AvgIpc) is 3.04. The molecular formula is C17H17N5O2S. The van der Waals surface area contributed by atoms with Gasteiger partial charge in [-0.2, -0.15) is 5.10 Å². The Balaban J connectivity index is 1.57. The van der Waals surface area contributed by atoms with Gasteiger partial charge >= 0.3 is 0 Å². The van der Waals surface area contributed by atoms with Crippen LogP contribution < -0.4 is 4.72 Å². The molecule has 25 heavy (non-hydrogen) atoms. The van der Waals surface area contributed by atoms with Gasteiger partial charge in [0.2, 0.25) is 0 Å².